The molecular weight excluding hydrogens is 370 g/mol. The Kier molecular flexibility index (Phi) is 4.98. The second-order valence-corrected chi connectivity index (χ2v) is 11.0. The average molecular weight is 402 g/mol. The second-order valence-electron chi connectivity index (χ2n) is 9.43. The van der Waals surface area contributed by atoms with Crippen LogP contribution in [0.15, 0.2) is 18.2 Å². The van der Waals surface area contributed by atoms with Crippen molar-refractivity contribution in [2.45, 2.75) is 49.7 Å². The minimum Gasteiger partial charge on any atom is -0.497 e. The highest BCUT2D eigenvalue weighted by atomic mass is 32.2. The summed E-state index contributed by atoms with van der Waals surface area (Å²) in [5.41, 5.74) is 1.06. The van der Waals surface area contributed by atoms with E-state index in [0.29, 0.717) is 11.4 Å². The Balaban J connectivity index is 1.10. The second kappa shape index (κ2) is 7.47. The maximum Gasteiger partial charge on any atom is 0.226 e. The molecule has 4 aliphatic carbocycles. The molecule has 0 aromatic heterocycles. The maximum absolute atomic E-state index is 12.7. The Hall–Kier alpha value is -1.36. The van der Waals surface area contributed by atoms with Gasteiger partial charge in [-0.3, -0.25) is 4.79 Å². The van der Waals surface area contributed by atoms with Crippen molar-refractivity contribution >= 4 is 17.7 Å². The minimum atomic E-state index is -0.107. The first-order valence-corrected chi connectivity index (χ1v) is 11.8. The molecule has 1 heterocycles. The summed E-state index contributed by atoms with van der Waals surface area (Å²) < 4.78 is 11.6. The predicted molar refractivity (Wildman–Crippen MR) is 112 cm³/mol. The van der Waals surface area contributed by atoms with Gasteiger partial charge in [-0.2, -0.15) is 11.8 Å². The number of thioether (sulfide) groups is 1. The van der Waals surface area contributed by atoms with Gasteiger partial charge >= 0.3 is 0 Å². The van der Waals surface area contributed by atoms with E-state index in [1.807, 2.05) is 18.2 Å². The molecule has 1 aromatic carbocycles. The first-order chi connectivity index (χ1) is 13.6. The molecule has 0 spiro atoms. The van der Waals surface area contributed by atoms with Crippen molar-refractivity contribution in [3.05, 3.63) is 23.8 Å². The van der Waals surface area contributed by atoms with Crippen molar-refractivity contribution in [3.63, 3.8) is 0 Å². The number of carbonyl (C=O) groups excluding carboxylic acids is 1. The van der Waals surface area contributed by atoms with Gasteiger partial charge < -0.3 is 14.8 Å². The Morgan fingerprint density at radius 1 is 1.21 bits per heavy atom. The average Bonchev–Trinajstić information content (AvgIpc) is 2.69. The molecule has 0 saturated heterocycles. The smallest absolute Gasteiger partial charge is 0.226 e. The standard InChI is InChI=1S/C23H31NO3S/c1-26-20-2-3-21-18(10-20)9-19(14-27-21)22(25)24-4-5-28-23-11-15-6-16(12-23)8-17(7-15)13-23/h2-3,10,15-17,19H,4-9,11-14H2,1H3,(H,24,25). The van der Waals surface area contributed by atoms with Crippen LogP contribution in [-0.2, 0) is 11.2 Å². The molecule has 1 N–H and O–H groups in total. The number of rotatable bonds is 6. The zero-order chi connectivity index (χ0) is 19.1. The number of ether oxygens (including phenoxy) is 2. The van der Waals surface area contributed by atoms with E-state index in [0.717, 1.165) is 53.5 Å². The summed E-state index contributed by atoms with van der Waals surface area (Å²) >= 11 is 2.15. The van der Waals surface area contributed by atoms with Crippen LogP contribution in [-0.4, -0.2) is 36.7 Å². The van der Waals surface area contributed by atoms with E-state index >= 15 is 0 Å². The van der Waals surface area contributed by atoms with Gasteiger partial charge in [-0.25, -0.2) is 0 Å². The largest absolute Gasteiger partial charge is 0.497 e. The highest BCUT2D eigenvalue weighted by molar-refractivity contribution is 8.00. The lowest BCUT2D eigenvalue weighted by Crippen LogP contribution is -2.49. The molecule has 1 aliphatic heterocycles. The van der Waals surface area contributed by atoms with Gasteiger partial charge in [0.25, 0.3) is 0 Å². The Morgan fingerprint density at radius 2 is 1.93 bits per heavy atom. The van der Waals surface area contributed by atoms with E-state index in [-0.39, 0.29) is 11.8 Å². The molecule has 4 bridgehead atoms. The van der Waals surface area contributed by atoms with Crippen molar-refractivity contribution < 1.29 is 14.3 Å². The van der Waals surface area contributed by atoms with Gasteiger partial charge in [-0.15, -0.1) is 0 Å². The molecule has 6 rings (SSSR count). The number of amides is 1. The molecule has 4 saturated carbocycles. The number of nitrogens with one attached hydrogen (secondary N) is 1. The van der Waals surface area contributed by atoms with Crippen LogP contribution < -0.4 is 14.8 Å². The van der Waals surface area contributed by atoms with Crippen LogP contribution in [0.25, 0.3) is 0 Å². The first kappa shape index (κ1) is 18.7. The van der Waals surface area contributed by atoms with Crippen LogP contribution in [0.3, 0.4) is 0 Å². The molecule has 4 fully saturated rings. The van der Waals surface area contributed by atoms with Crippen molar-refractivity contribution in [2.75, 3.05) is 26.0 Å². The van der Waals surface area contributed by atoms with E-state index in [1.165, 1.54) is 38.5 Å². The fraction of sp³-hybridized carbons (Fsp3) is 0.696. The number of hydrogen-bond donors (Lipinski definition) is 1. The van der Waals surface area contributed by atoms with E-state index in [4.69, 9.17) is 9.47 Å². The van der Waals surface area contributed by atoms with Crippen LogP contribution >= 0.6 is 11.8 Å². The number of methoxy groups -OCH3 is 1. The third kappa shape index (κ3) is 3.62. The number of benzene rings is 1. The summed E-state index contributed by atoms with van der Waals surface area (Å²) in [6, 6.07) is 5.82. The molecule has 5 heteroatoms. The van der Waals surface area contributed by atoms with Crippen molar-refractivity contribution in [2.24, 2.45) is 23.7 Å². The summed E-state index contributed by atoms with van der Waals surface area (Å²) in [5, 5.41) is 3.17. The number of fused-ring (bicyclic) bond motifs is 1. The Bertz CT molecular complexity index is 714. The van der Waals surface area contributed by atoms with Crippen LogP contribution in [0.1, 0.15) is 44.1 Å². The Morgan fingerprint density at radius 3 is 2.61 bits per heavy atom. The quantitative estimate of drug-likeness (QED) is 0.730. The lowest BCUT2D eigenvalue weighted by atomic mass is 9.56. The highest BCUT2D eigenvalue weighted by Gasteiger charge is 2.50. The predicted octanol–water partition coefficient (Wildman–Crippen LogP) is 4.06. The fourth-order valence-corrected chi connectivity index (χ4v) is 8.16. The molecule has 152 valence electrons. The van der Waals surface area contributed by atoms with Crippen molar-refractivity contribution in [1.29, 1.82) is 0 Å². The van der Waals surface area contributed by atoms with Crippen LogP contribution in [0.4, 0.5) is 0 Å². The SMILES string of the molecule is COc1ccc2c(c1)CC(C(=O)NCCSC13CC4CC(CC(C4)C1)C3)CO2. The third-order valence-electron chi connectivity index (χ3n) is 7.34. The molecule has 1 amide bonds. The molecule has 1 aromatic rings. The van der Waals surface area contributed by atoms with Gasteiger partial charge in [0, 0.05) is 17.0 Å². The van der Waals surface area contributed by atoms with Crippen molar-refractivity contribution in [1.82, 2.24) is 5.32 Å². The zero-order valence-electron chi connectivity index (χ0n) is 16.7. The zero-order valence-corrected chi connectivity index (χ0v) is 17.6. The van der Waals surface area contributed by atoms with Gasteiger partial charge in [-0.05, 0) is 86.5 Å². The molecule has 5 aliphatic rings. The fourth-order valence-electron chi connectivity index (χ4n) is 6.46. The minimum absolute atomic E-state index is 0.107. The lowest BCUT2D eigenvalue weighted by molar-refractivity contribution is -0.126. The summed E-state index contributed by atoms with van der Waals surface area (Å²) in [7, 11) is 1.66. The van der Waals surface area contributed by atoms with Crippen LogP contribution in [0.5, 0.6) is 11.5 Å². The van der Waals surface area contributed by atoms with Gasteiger partial charge in [-0.1, -0.05) is 0 Å². The van der Waals surface area contributed by atoms with Gasteiger partial charge in [0.1, 0.15) is 18.1 Å². The van der Waals surface area contributed by atoms with E-state index in [9.17, 15) is 4.79 Å². The molecule has 1 atom stereocenters. The molecule has 1 unspecified atom stereocenters. The molecular formula is C23H31NO3S. The Labute approximate surface area is 172 Å². The first-order valence-electron chi connectivity index (χ1n) is 10.8. The summed E-state index contributed by atoms with van der Waals surface area (Å²) in [6.45, 7) is 1.24. The van der Waals surface area contributed by atoms with Crippen LogP contribution in [0, 0.1) is 23.7 Å². The number of carbonyl (C=O) groups is 1. The highest BCUT2D eigenvalue weighted by Crippen LogP contribution is 2.60. The van der Waals surface area contributed by atoms with Gasteiger partial charge in [0.05, 0.1) is 13.0 Å². The van der Waals surface area contributed by atoms with Crippen molar-refractivity contribution in [3.8, 4) is 11.5 Å². The summed E-state index contributed by atoms with van der Waals surface area (Å²) in [6.07, 6.45) is 9.46. The van der Waals surface area contributed by atoms with E-state index < -0.39 is 0 Å². The summed E-state index contributed by atoms with van der Waals surface area (Å²) in [5.74, 6) is 5.72. The third-order valence-corrected chi connectivity index (χ3v) is 8.86. The lowest BCUT2D eigenvalue weighted by Gasteiger charge is -2.56. The van der Waals surface area contributed by atoms with Gasteiger partial charge in [0.2, 0.25) is 5.91 Å². The summed E-state index contributed by atoms with van der Waals surface area (Å²) in [4.78, 5) is 12.7. The van der Waals surface area contributed by atoms with E-state index in [1.54, 1.807) is 7.11 Å². The molecule has 28 heavy (non-hydrogen) atoms. The monoisotopic (exact) mass is 401 g/mol. The topological polar surface area (TPSA) is 47.6 Å². The molecule has 0 radical (unpaired) electrons. The molecule has 4 nitrogen and oxygen atoms in total. The van der Waals surface area contributed by atoms with E-state index in [2.05, 4.69) is 17.1 Å². The van der Waals surface area contributed by atoms with Crippen LogP contribution in [0.2, 0.25) is 0 Å². The normalized spacial score (nSPS) is 35.2. The number of hydrogen-bond acceptors (Lipinski definition) is 4. The maximum atomic E-state index is 12.7. The van der Waals surface area contributed by atoms with Gasteiger partial charge in [0.15, 0.2) is 0 Å².